The van der Waals surface area contributed by atoms with Crippen molar-refractivity contribution in [1.82, 2.24) is 9.97 Å². The minimum absolute atomic E-state index is 0.144. The van der Waals surface area contributed by atoms with Crippen molar-refractivity contribution in [2.45, 2.75) is 13.0 Å². The Kier molecular flexibility index (Phi) is 3.12. The number of rotatable bonds is 2. The molecule has 110 valence electrons. The number of anilines is 1. The van der Waals surface area contributed by atoms with Crippen molar-refractivity contribution in [2.24, 2.45) is 0 Å². The van der Waals surface area contributed by atoms with Crippen LogP contribution in [0.5, 0.6) is 0 Å². The van der Waals surface area contributed by atoms with E-state index in [4.69, 9.17) is 11.6 Å². The van der Waals surface area contributed by atoms with Gasteiger partial charge in [0, 0.05) is 17.3 Å². The Labute approximate surface area is 132 Å². The van der Waals surface area contributed by atoms with E-state index in [9.17, 15) is 4.79 Å². The largest absolute Gasteiger partial charge is 0.364 e. The van der Waals surface area contributed by atoms with Gasteiger partial charge in [-0.1, -0.05) is 29.8 Å². The smallest absolute Gasteiger partial charge is 0.258 e. The molecule has 0 aliphatic carbocycles. The van der Waals surface area contributed by atoms with Crippen molar-refractivity contribution in [1.29, 1.82) is 0 Å². The van der Waals surface area contributed by atoms with Crippen LogP contribution in [0.15, 0.2) is 47.3 Å². The normalized spacial score (nSPS) is 13.6. The Hall–Kier alpha value is -2.33. The number of hydrogen-bond acceptors (Lipinski definition) is 3. The molecule has 1 aromatic heterocycles. The van der Waals surface area contributed by atoms with E-state index in [-0.39, 0.29) is 5.56 Å². The van der Waals surface area contributed by atoms with Crippen LogP contribution in [0.25, 0.3) is 10.9 Å². The lowest BCUT2D eigenvalue weighted by Gasteiger charge is -2.18. The van der Waals surface area contributed by atoms with E-state index in [1.165, 1.54) is 11.3 Å². The predicted molar refractivity (Wildman–Crippen MR) is 88.6 cm³/mol. The Bertz CT molecular complexity index is 919. The molecule has 0 saturated carbocycles. The fraction of sp³-hybridized carbons (Fsp3) is 0.176. The molecule has 1 aliphatic rings. The molecule has 3 aromatic rings. The van der Waals surface area contributed by atoms with Gasteiger partial charge in [0.2, 0.25) is 0 Å². The first kappa shape index (κ1) is 13.3. The molecule has 22 heavy (non-hydrogen) atoms. The number of benzene rings is 2. The zero-order valence-corrected chi connectivity index (χ0v) is 12.6. The zero-order chi connectivity index (χ0) is 15.1. The fourth-order valence-electron chi connectivity index (χ4n) is 2.99. The first-order chi connectivity index (χ1) is 10.7. The molecule has 4 rings (SSSR count). The van der Waals surface area contributed by atoms with Crippen LogP contribution in [0.4, 0.5) is 5.69 Å². The van der Waals surface area contributed by atoms with Crippen molar-refractivity contribution in [3.05, 3.63) is 69.2 Å². The van der Waals surface area contributed by atoms with Crippen molar-refractivity contribution in [2.75, 3.05) is 11.4 Å². The van der Waals surface area contributed by atoms with Crippen LogP contribution in [-0.4, -0.2) is 16.5 Å². The Morgan fingerprint density at radius 2 is 2.09 bits per heavy atom. The molecule has 0 bridgehead atoms. The number of fused-ring (bicyclic) bond motifs is 2. The number of aromatic amines is 1. The average Bonchev–Trinajstić information content (AvgIpc) is 2.92. The van der Waals surface area contributed by atoms with Gasteiger partial charge in [-0.2, -0.15) is 0 Å². The summed E-state index contributed by atoms with van der Waals surface area (Å²) in [5.41, 5.74) is 3.10. The van der Waals surface area contributed by atoms with Gasteiger partial charge in [-0.15, -0.1) is 0 Å². The fourth-order valence-corrected chi connectivity index (χ4v) is 3.16. The molecule has 5 heteroatoms. The molecule has 4 nitrogen and oxygen atoms in total. The lowest BCUT2D eigenvalue weighted by atomic mass is 10.2. The molecule has 0 spiro atoms. The van der Waals surface area contributed by atoms with Gasteiger partial charge in [-0.25, -0.2) is 4.98 Å². The third-order valence-corrected chi connectivity index (χ3v) is 4.28. The highest BCUT2D eigenvalue weighted by atomic mass is 35.5. The maximum absolute atomic E-state index is 12.2. The van der Waals surface area contributed by atoms with E-state index in [1.54, 1.807) is 18.2 Å². The van der Waals surface area contributed by atoms with Crippen LogP contribution in [0.1, 0.15) is 11.4 Å². The molecular formula is C17H14ClN3O. The number of halogens is 1. The second-order valence-electron chi connectivity index (χ2n) is 5.47. The summed E-state index contributed by atoms with van der Waals surface area (Å²) in [4.78, 5) is 21.9. The van der Waals surface area contributed by atoms with Crippen LogP contribution < -0.4 is 10.5 Å². The van der Waals surface area contributed by atoms with Crippen LogP contribution >= 0.6 is 11.6 Å². The van der Waals surface area contributed by atoms with Crippen LogP contribution in [0.2, 0.25) is 5.02 Å². The van der Waals surface area contributed by atoms with Crippen LogP contribution in [0, 0.1) is 0 Å². The maximum atomic E-state index is 12.2. The first-order valence-electron chi connectivity index (χ1n) is 7.22. The van der Waals surface area contributed by atoms with E-state index < -0.39 is 0 Å². The molecule has 2 aromatic carbocycles. The number of H-pyrrole nitrogens is 1. The summed E-state index contributed by atoms with van der Waals surface area (Å²) in [6.07, 6.45) is 1.03. The second kappa shape index (κ2) is 5.14. The molecular weight excluding hydrogens is 298 g/mol. The van der Waals surface area contributed by atoms with Crippen molar-refractivity contribution in [3.8, 4) is 0 Å². The van der Waals surface area contributed by atoms with E-state index in [0.717, 1.165) is 13.0 Å². The Morgan fingerprint density at radius 3 is 3.00 bits per heavy atom. The molecule has 2 heterocycles. The van der Waals surface area contributed by atoms with E-state index >= 15 is 0 Å². The van der Waals surface area contributed by atoms with Gasteiger partial charge in [0.25, 0.3) is 5.56 Å². The van der Waals surface area contributed by atoms with E-state index in [1.807, 2.05) is 6.07 Å². The van der Waals surface area contributed by atoms with Gasteiger partial charge in [0.05, 0.1) is 17.4 Å². The zero-order valence-electron chi connectivity index (χ0n) is 11.8. The summed E-state index contributed by atoms with van der Waals surface area (Å²) in [5.74, 6) is 0.677. The van der Waals surface area contributed by atoms with Crippen molar-refractivity contribution < 1.29 is 0 Å². The minimum atomic E-state index is -0.144. The van der Waals surface area contributed by atoms with Gasteiger partial charge in [-0.3, -0.25) is 4.79 Å². The standard InChI is InChI=1S/C17H14ClN3O/c18-12-5-6-14-13(9-12)17(22)20-16(19-14)10-21-8-7-11-3-1-2-4-15(11)21/h1-6,9H,7-8,10H2,(H,19,20,22). The van der Waals surface area contributed by atoms with Gasteiger partial charge < -0.3 is 9.88 Å². The number of para-hydroxylation sites is 1. The maximum Gasteiger partial charge on any atom is 0.258 e. The van der Waals surface area contributed by atoms with Gasteiger partial charge in [0.15, 0.2) is 0 Å². The van der Waals surface area contributed by atoms with Crippen LogP contribution in [-0.2, 0) is 13.0 Å². The Morgan fingerprint density at radius 1 is 1.23 bits per heavy atom. The summed E-state index contributed by atoms with van der Waals surface area (Å²) >= 11 is 5.94. The third-order valence-electron chi connectivity index (χ3n) is 4.04. The molecule has 0 fully saturated rings. The van der Waals surface area contributed by atoms with Crippen molar-refractivity contribution >= 4 is 28.2 Å². The molecule has 1 aliphatic heterocycles. The molecule has 0 unspecified atom stereocenters. The highest BCUT2D eigenvalue weighted by Gasteiger charge is 2.19. The van der Waals surface area contributed by atoms with Gasteiger partial charge in [0.1, 0.15) is 5.82 Å². The average molecular weight is 312 g/mol. The molecule has 0 amide bonds. The Balaban J connectivity index is 1.71. The lowest BCUT2D eigenvalue weighted by Crippen LogP contribution is -2.23. The topological polar surface area (TPSA) is 49.0 Å². The van der Waals surface area contributed by atoms with Gasteiger partial charge in [-0.05, 0) is 36.2 Å². The third kappa shape index (κ3) is 2.25. The molecule has 1 N–H and O–H groups in total. The number of nitrogens with one attached hydrogen (secondary N) is 1. The highest BCUT2D eigenvalue weighted by Crippen LogP contribution is 2.28. The summed E-state index contributed by atoms with van der Waals surface area (Å²) in [5, 5.41) is 1.07. The quantitative estimate of drug-likeness (QED) is 0.791. The van der Waals surface area contributed by atoms with Crippen LogP contribution in [0.3, 0.4) is 0 Å². The summed E-state index contributed by atoms with van der Waals surface area (Å²) in [6.45, 7) is 1.55. The van der Waals surface area contributed by atoms with E-state index in [2.05, 4.69) is 33.1 Å². The number of nitrogens with zero attached hydrogens (tertiary/aromatic N) is 2. The number of aromatic nitrogens is 2. The predicted octanol–water partition coefficient (Wildman–Crippen LogP) is 3.14. The lowest BCUT2D eigenvalue weighted by molar-refractivity contribution is 0.787. The SMILES string of the molecule is O=c1[nH]c(CN2CCc3ccccc32)nc2ccc(Cl)cc12. The number of hydrogen-bond donors (Lipinski definition) is 1. The summed E-state index contributed by atoms with van der Waals surface area (Å²) in [6, 6.07) is 13.5. The molecule has 0 atom stereocenters. The molecule has 0 radical (unpaired) electrons. The second-order valence-corrected chi connectivity index (χ2v) is 5.91. The van der Waals surface area contributed by atoms with Crippen molar-refractivity contribution in [3.63, 3.8) is 0 Å². The molecule has 0 saturated heterocycles. The highest BCUT2D eigenvalue weighted by molar-refractivity contribution is 6.31. The monoisotopic (exact) mass is 311 g/mol. The van der Waals surface area contributed by atoms with Gasteiger partial charge >= 0.3 is 0 Å². The summed E-state index contributed by atoms with van der Waals surface area (Å²) in [7, 11) is 0. The minimum Gasteiger partial charge on any atom is -0.364 e. The first-order valence-corrected chi connectivity index (χ1v) is 7.60. The summed E-state index contributed by atoms with van der Waals surface area (Å²) < 4.78 is 0. The van der Waals surface area contributed by atoms with E-state index in [0.29, 0.717) is 28.3 Å².